The van der Waals surface area contributed by atoms with Crippen molar-refractivity contribution in [3.63, 3.8) is 0 Å². The Morgan fingerprint density at radius 2 is 1.70 bits per heavy atom. The van der Waals surface area contributed by atoms with Crippen LogP contribution in [-0.4, -0.2) is 75.7 Å². The Morgan fingerprint density at radius 3 is 2.40 bits per heavy atom. The first kappa shape index (κ1) is 31.9. The molecule has 9 nitrogen and oxygen atoms in total. The Hall–Kier alpha value is -4.02. The van der Waals surface area contributed by atoms with E-state index in [2.05, 4.69) is 10.6 Å². The lowest BCUT2D eigenvalue weighted by Crippen LogP contribution is -2.58. The largest absolute Gasteiger partial charge is 0.508 e. The molecule has 1 aliphatic rings. The van der Waals surface area contributed by atoms with Gasteiger partial charge in [-0.05, 0) is 62.6 Å². The number of nitrogens with one attached hydrogen (secondary N) is 2. The second-order valence-electron chi connectivity index (χ2n) is 11.5. The van der Waals surface area contributed by atoms with E-state index in [0.717, 1.165) is 16.8 Å². The maximum atomic E-state index is 13.9. The molecule has 228 valence electrons. The lowest BCUT2D eigenvalue weighted by Gasteiger charge is -2.33. The van der Waals surface area contributed by atoms with Crippen LogP contribution < -0.4 is 15.5 Å². The molecule has 1 heterocycles. The number of carbonyl (C=O) groups is 3. The predicted octanol–water partition coefficient (Wildman–Crippen LogP) is 3.47. The van der Waals surface area contributed by atoms with Gasteiger partial charge >= 0.3 is 0 Å². The van der Waals surface area contributed by atoms with Gasteiger partial charge in [-0.15, -0.1) is 11.8 Å². The molecule has 10 heteroatoms. The van der Waals surface area contributed by atoms with E-state index in [1.165, 1.54) is 22.7 Å². The quantitative estimate of drug-likeness (QED) is 0.280. The van der Waals surface area contributed by atoms with Gasteiger partial charge in [-0.2, -0.15) is 0 Å². The van der Waals surface area contributed by atoms with E-state index in [-0.39, 0.29) is 36.1 Å². The van der Waals surface area contributed by atoms with Crippen LogP contribution in [-0.2, 0) is 22.6 Å². The zero-order chi connectivity index (χ0) is 31.3. The zero-order valence-electron chi connectivity index (χ0n) is 25.2. The van der Waals surface area contributed by atoms with Gasteiger partial charge in [-0.25, -0.2) is 0 Å². The van der Waals surface area contributed by atoms with Crippen LogP contribution in [0.4, 0.5) is 5.69 Å². The Morgan fingerprint density at radius 1 is 1.02 bits per heavy atom. The van der Waals surface area contributed by atoms with Crippen molar-refractivity contribution in [1.29, 1.82) is 0 Å². The number of aromatic hydroxyl groups is 1. The van der Waals surface area contributed by atoms with Crippen LogP contribution in [0, 0.1) is 6.92 Å². The van der Waals surface area contributed by atoms with Gasteiger partial charge in [0.15, 0.2) is 6.10 Å². The van der Waals surface area contributed by atoms with Crippen LogP contribution in [0.5, 0.6) is 5.75 Å². The molecule has 0 bridgehead atoms. The molecule has 3 aromatic rings. The van der Waals surface area contributed by atoms with Gasteiger partial charge in [0.2, 0.25) is 5.91 Å². The van der Waals surface area contributed by atoms with Gasteiger partial charge in [0.25, 0.3) is 11.8 Å². The second-order valence-corrected chi connectivity index (χ2v) is 13.1. The minimum absolute atomic E-state index is 0.0255. The van der Waals surface area contributed by atoms with Gasteiger partial charge in [0, 0.05) is 42.2 Å². The van der Waals surface area contributed by atoms with Crippen molar-refractivity contribution in [3.8, 4) is 5.75 Å². The lowest BCUT2D eigenvalue weighted by atomic mass is 9.96. The Bertz CT molecular complexity index is 1460. The summed E-state index contributed by atoms with van der Waals surface area (Å²) in [6.07, 6.45) is -1.44. The maximum Gasteiger partial charge on any atom is 0.254 e. The number of hydrogen-bond acceptors (Lipinski definition) is 7. The summed E-state index contributed by atoms with van der Waals surface area (Å²) in [5, 5.41) is 27.4. The van der Waals surface area contributed by atoms with Crippen LogP contribution in [0.3, 0.4) is 0 Å². The number of phenolic OH excluding ortho intramolecular Hbond substituents is 1. The van der Waals surface area contributed by atoms with E-state index in [1.54, 1.807) is 19.1 Å². The number of carbonyl (C=O) groups excluding carboxylic acids is 3. The van der Waals surface area contributed by atoms with Crippen molar-refractivity contribution in [2.24, 2.45) is 0 Å². The van der Waals surface area contributed by atoms with E-state index in [1.807, 2.05) is 87.4 Å². The van der Waals surface area contributed by atoms with E-state index in [9.17, 15) is 24.6 Å². The minimum Gasteiger partial charge on any atom is -0.508 e. The van der Waals surface area contributed by atoms with E-state index in [0.29, 0.717) is 5.56 Å². The Kier molecular flexibility index (Phi) is 10.0. The summed E-state index contributed by atoms with van der Waals surface area (Å²) in [5.74, 6) is -1.28. The molecule has 43 heavy (non-hydrogen) atoms. The molecule has 0 aliphatic carbocycles. The number of benzene rings is 3. The zero-order valence-corrected chi connectivity index (χ0v) is 26.0. The summed E-state index contributed by atoms with van der Waals surface area (Å²) in [4.78, 5) is 44.2. The van der Waals surface area contributed by atoms with E-state index < -0.39 is 34.7 Å². The number of aliphatic hydroxyl groups excluding tert-OH is 1. The van der Waals surface area contributed by atoms with Crippen molar-refractivity contribution < 1.29 is 24.6 Å². The van der Waals surface area contributed by atoms with Crippen LogP contribution >= 0.6 is 11.8 Å². The summed E-state index contributed by atoms with van der Waals surface area (Å²) in [6, 6.07) is 19.9. The minimum atomic E-state index is -1.62. The van der Waals surface area contributed by atoms with E-state index in [4.69, 9.17) is 0 Å². The fourth-order valence-electron chi connectivity index (χ4n) is 5.21. The fraction of sp³-hybridized carbons (Fsp3) is 0.364. The molecule has 1 saturated heterocycles. The van der Waals surface area contributed by atoms with Crippen molar-refractivity contribution in [2.45, 2.75) is 56.7 Å². The summed E-state index contributed by atoms with van der Waals surface area (Å²) >= 11 is 1.46. The molecule has 0 spiro atoms. The van der Waals surface area contributed by atoms with Gasteiger partial charge in [0.1, 0.15) is 11.8 Å². The Balaban J connectivity index is 1.54. The van der Waals surface area contributed by atoms with Crippen molar-refractivity contribution in [1.82, 2.24) is 15.5 Å². The molecule has 1 fully saturated rings. The summed E-state index contributed by atoms with van der Waals surface area (Å²) < 4.78 is -0.609. The van der Waals surface area contributed by atoms with Crippen LogP contribution in [0.15, 0.2) is 72.8 Å². The number of thioether (sulfide) groups is 1. The highest BCUT2D eigenvalue weighted by Crippen LogP contribution is 2.40. The molecule has 3 atom stereocenters. The third kappa shape index (κ3) is 7.50. The first-order valence-corrected chi connectivity index (χ1v) is 15.2. The first-order chi connectivity index (χ1) is 20.4. The molecule has 0 saturated carbocycles. The van der Waals surface area contributed by atoms with Gasteiger partial charge < -0.3 is 30.6 Å². The average molecular weight is 605 g/mol. The molecular formula is C33H40N4O5S. The number of hydrogen-bond donors (Lipinski definition) is 4. The topological polar surface area (TPSA) is 122 Å². The fourth-order valence-corrected chi connectivity index (χ4v) is 6.35. The van der Waals surface area contributed by atoms with Crippen molar-refractivity contribution in [2.75, 3.05) is 24.9 Å². The third-order valence-corrected chi connectivity index (χ3v) is 9.14. The highest BCUT2D eigenvalue weighted by atomic mass is 32.2. The number of phenols is 1. The molecule has 4 rings (SSSR count). The van der Waals surface area contributed by atoms with Crippen LogP contribution in [0.2, 0.25) is 0 Å². The molecule has 0 aromatic heterocycles. The Labute approximate surface area is 257 Å². The maximum absolute atomic E-state index is 13.9. The molecular weight excluding hydrogens is 564 g/mol. The molecule has 0 unspecified atom stereocenters. The van der Waals surface area contributed by atoms with E-state index >= 15 is 0 Å². The number of amides is 3. The molecule has 3 amide bonds. The second kappa shape index (κ2) is 13.5. The monoisotopic (exact) mass is 604 g/mol. The van der Waals surface area contributed by atoms with Gasteiger partial charge in [-0.3, -0.25) is 14.4 Å². The van der Waals surface area contributed by atoms with Gasteiger partial charge in [-0.1, -0.05) is 48.5 Å². The SMILES string of the molecule is Cc1c(O)cccc1C(=O)N[C@@H](Cc1ccccc1)[C@H](O)C(=O)N1CSC(C)(C)[C@H]1C(=O)NCc1cccc(N(C)C)c1. The highest BCUT2D eigenvalue weighted by molar-refractivity contribution is 8.00. The predicted molar refractivity (Wildman–Crippen MR) is 170 cm³/mol. The molecule has 1 aliphatic heterocycles. The number of rotatable bonds is 10. The smallest absolute Gasteiger partial charge is 0.254 e. The van der Waals surface area contributed by atoms with Crippen LogP contribution in [0.1, 0.15) is 40.9 Å². The molecule has 0 radical (unpaired) electrons. The highest BCUT2D eigenvalue weighted by Gasteiger charge is 2.49. The number of aliphatic hydroxyl groups is 1. The lowest BCUT2D eigenvalue weighted by molar-refractivity contribution is -0.147. The molecule has 4 N–H and O–H groups in total. The van der Waals surface area contributed by atoms with Gasteiger partial charge in [0.05, 0.1) is 11.9 Å². The van der Waals surface area contributed by atoms with Crippen molar-refractivity contribution in [3.05, 3.63) is 95.1 Å². The van der Waals surface area contributed by atoms with Crippen LogP contribution in [0.25, 0.3) is 0 Å². The van der Waals surface area contributed by atoms with Crippen molar-refractivity contribution >= 4 is 35.2 Å². The summed E-state index contributed by atoms with van der Waals surface area (Å²) in [5.41, 5.74) is 3.39. The normalized spacial score (nSPS) is 17.2. The summed E-state index contributed by atoms with van der Waals surface area (Å²) in [7, 11) is 3.90. The number of anilines is 1. The molecule has 3 aromatic carbocycles. The first-order valence-electron chi connectivity index (χ1n) is 14.2. The third-order valence-electron chi connectivity index (χ3n) is 7.77. The standard InChI is InChI=1S/C33H40N4O5S/c1-21-25(15-10-16-27(21)38)30(40)35-26(18-22-11-7-6-8-12-22)28(39)32(42)37-20-43-33(2,3)29(37)31(41)34-19-23-13-9-14-24(17-23)36(4)5/h6-17,26,28-29,38-39H,18-20H2,1-5H3,(H,34,41)(H,35,40)/t26-,28-,29+/m0/s1. The summed E-state index contributed by atoms with van der Waals surface area (Å²) in [6.45, 7) is 5.73. The average Bonchev–Trinajstić information content (AvgIpc) is 3.31. The number of nitrogens with zero attached hydrogens (tertiary/aromatic N) is 2.